The first-order valence-electron chi connectivity index (χ1n) is 7.71. The number of benzene rings is 1. The molecule has 5 heteroatoms. The number of nitrogens with two attached hydrogens (primary N) is 1. The Kier molecular flexibility index (Phi) is 5.37. The fourth-order valence-corrected chi connectivity index (χ4v) is 3.13. The van der Waals surface area contributed by atoms with Crippen LogP contribution < -0.4 is 10.6 Å². The highest BCUT2D eigenvalue weighted by molar-refractivity contribution is 5.68. The molecule has 0 heterocycles. The SMILES string of the molecule is C=C(CN(c1ccccc1N)C1CCCCC1)CC(F)(F)F. The van der Waals surface area contributed by atoms with Crippen molar-refractivity contribution in [2.45, 2.75) is 50.7 Å². The summed E-state index contributed by atoms with van der Waals surface area (Å²) in [5.74, 6) is 0. The van der Waals surface area contributed by atoms with Crippen LogP contribution in [0.15, 0.2) is 36.4 Å². The first-order chi connectivity index (χ1) is 10.4. The lowest BCUT2D eigenvalue weighted by Crippen LogP contribution is -2.39. The monoisotopic (exact) mass is 312 g/mol. The highest BCUT2D eigenvalue weighted by atomic mass is 19.4. The summed E-state index contributed by atoms with van der Waals surface area (Å²) in [6.45, 7) is 3.83. The highest BCUT2D eigenvalue weighted by Crippen LogP contribution is 2.33. The van der Waals surface area contributed by atoms with Gasteiger partial charge in [-0.1, -0.05) is 38.0 Å². The van der Waals surface area contributed by atoms with Gasteiger partial charge in [-0.15, -0.1) is 0 Å². The Bertz CT molecular complexity index is 505. The van der Waals surface area contributed by atoms with Crippen molar-refractivity contribution in [3.63, 3.8) is 0 Å². The Morgan fingerprint density at radius 2 is 1.82 bits per heavy atom. The molecule has 1 aromatic rings. The summed E-state index contributed by atoms with van der Waals surface area (Å²) in [5, 5.41) is 0. The predicted octanol–water partition coefficient (Wildman–Crippen LogP) is 4.92. The van der Waals surface area contributed by atoms with Crippen molar-refractivity contribution in [2.24, 2.45) is 0 Å². The molecule has 0 aromatic heterocycles. The molecule has 122 valence electrons. The molecule has 0 radical (unpaired) electrons. The zero-order chi connectivity index (χ0) is 16.2. The van der Waals surface area contributed by atoms with Gasteiger partial charge in [0.05, 0.1) is 17.8 Å². The minimum Gasteiger partial charge on any atom is -0.397 e. The lowest BCUT2D eigenvalue weighted by molar-refractivity contribution is -0.127. The molecule has 0 atom stereocenters. The largest absolute Gasteiger partial charge is 0.397 e. The van der Waals surface area contributed by atoms with E-state index in [1.54, 1.807) is 6.07 Å². The fraction of sp³-hybridized carbons (Fsp3) is 0.529. The van der Waals surface area contributed by atoms with Gasteiger partial charge < -0.3 is 10.6 Å². The Morgan fingerprint density at radius 1 is 1.18 bits per heavy atom. The van der Waals surface area contributed by atoms with E-state index in [2.05, 4.69) is 6.58 Å². The van der Waals surface area contributed by atoms with Crippen LogP contribution in [0.2, 0.25) is 0 Å². The topological polar surface area (TPSA) is 29.3 Å². The summed E-state index contributed by atoms with van der Waals surface area (Å²) < 4.78 is 37.7. The van der Waals surface area contributed by atoms with Crippen LogP contribution in [-0.2, 0) is 0 Å². The van der Waals surface area contributed by atoms with Gasteiger partial charge in [-0.05, 0) is 30.5 Å². The molecule has 0 bridgehead atoms. The number of hydrogen-bond donors (Lipinski definition) is 1. The molecule has 0 aliphatic heterocycles. The molecule has 0 amide bonds. The van der Waals surface area contributed by atoms with E-state index in [1.165, 1.54) is 6.42 Å². The number of halogens is 3. The number of nitrogens with zero attached hydrogens (tertiary/aromatic N) is 1. The van der Waals surface area contributed by atoms with Crippen LogP contribution in [0.1, 0.15) is 38.5 Å². The van der Waals surface area contributed by atoms with E-state index in [-0.39, 0.29) is 18.2 Å². The van der Waals surface area contributed by atoms with Crippen LogP contribution in [0.5, 0.6) is 0 Å². The molecule has 2 N–H and O–H groups in total. The number of rotatable bonds is 5. The van der Waals surface area contributed by atoms with E-state index in [4.69, 9.17) is 5.73 Å². The van der Waals surface area contributed by atoms with E-state index in [0.29, 0.717) is 5.69 Å². The van der Waals surface area contributed by atoms with E-state index >= 15 is 0 Å². The van der Waals surface area contributed by atoms with Crippen molar-refractivity contribution < 1.29 is 13.2 Å². The zero-order valence-corrected chi connectivity index (χ0v) is 12.7. The van der Waals surface area contributed by atoms with Gasteiger partial charge in [-0.25, -0.2) is 0 Å². The average Bonchev–Trinajstić information content (AvgIpc) is 2.45. The van der Waals surface area contributed by atoms with Crippen molar-refractivity contribution in [1.82, 2.24) is 0 Å². The second kappa shape index (κ2) is 7.07. The van der Waals surface area contributed by atoms with Crippen LogP contribution in [-0.4, -0.2) is 18.8 Å². The fourth-order valence-electron chi connectivity index (χ4n) is 3.13. The maximum Gasteiger partial charge on any atom is 0.392 e. The molecule has 1 aliphatic carbocycles. The molecular formula is C17H23F3N2. The smallest absolute Gasteiger partial charge is 0.392 e. The quantitative estimate of drug-likeness (QED) is 0.618. The van der Waals surface area contributed by atoms with E-state index < -0.39 is 12.6 Å². The molecule has 1 aliphatic rings. The number of anilines is 2. The van der Waals surface area contributed by atoms with Crippen molar-refractivity contribution in [2.75, 3.05) is 17.2 Å². The predicted molar refractivity (Wildman–Crippen MR) is 84.9 cm³/mol. The Labute approximate surface area is 129 Å². The second-order valence-electron chi connectivity index (χ2n) is 6.02. The molecular weight excluding hydrogens is 289 g/mol. The van der Waals surface area contributed by atoms with Crippen molar-refractivity contribution >= 4 is 11.4 Å². The van der Waals surface area contributed by atoms with E-state index in [1.807, 2.05) is 23.1 Å². The third kappa shape index (κ3) is 4.68. The number of nitrogen functional groups attached to an aromatic ring is 1. The molecule has 0 saturated heterocycles. The lowest BCUT2D eigenvalue weighted by atomic mass is 9.93. The highest BCUT2D eigenvalue weighted by Gasteiger charge is 2.30. The molecule has 1 saturated carbocycles. The van der Waals surface area contributed by atoms with Crippen LogP contribution >= 0.6 is 0 Å². The summed E-state index contributed by atoms with van der Waals surface area (Å²) >= 11 is 0. The van der Waals surface area contributed by atoms with Crippen LogP contribution in [0.4, 0.5) is 24.5 Å². The maximum atomic E-state index is 12.6. The number of alkyl halides is 3. The number of hydrogen-bond acceptors (Lipinski definition) is 2. The minimum absolute atomic E-state index is 0.182. The van der Waals surface area contributed by atoms with Gasteiger partial charge in [0.1, 0.15) is 0 Å². The Hall–Kier alpha value is -1.65. The van der Waals surface area contributed by atoms with Gasteiger partial charge in [-0.3, -0.25) is 0 Å². The van der Waals surface area contributed by atoms with Gasteiger partial charge in [0.15, 0.2) is 0 Å². The summed E-state index contributed by atoms with van der Waals surface area (Å²) in [6, 6.07) is 7.61. The average molecular weight is 312 g/mol. The molecule has 1 aromatic carbocycles. The molecule has 22 heavy (non-hydrogen) atoms. The molecule has 2 nitrogen and oxygen atoms in total. The van der Waals surface area contributed by atoms with Crippen molar-refractivity contribution in [3.8, 4) is 0 Å². The molecule has 2 rings (SSSR count). The van der Waals surface area contributed by atoms with E-state index in [0.717, 1.165) is 31.4 Å². The van der Waals surface area contributed by atoms with E-state index in [9.17, 15) is 13.2 Å². The van der Waals surface area contributed by atoms with Gasteiger partial charge in [0.2, 0.25) is 0 Å². The minimum atomic E-state index is -4.21. The summed E-state index contributed by atoms with van der Waals surface area (Å²) in [5.41, 5.74) is 7.64. The van der Waals surface area contributed by atoms with Gasteiger partial charge in [-0.2, -0.15) is 13.2 Å². The second-order valence-corrected chi connectivity index (χ2v) is 6.02. The molecule has 0 spiro atoms. The first-order valence-corrected chi connectivity index (χ1v) is 7.71. The Morgan fingerprint density at radius 3 is 2.41 bits per heavy atom. The van der Waals surface area contributed by atoms with Crippen molar-refractivity contribution in [3.05, 3.63) is 36.4 Å². The lowest BCUT2D eigenvalue weighted by Gasteiger charge is -2.37. The third-order valence-electron chi connectivity index (χ3n) is 4.11. The van der Waals surface area contributed by atoms with Crippen LogP contribution in [0.25, 0.3) is 0 Å². The van der Waals surface area contributed by atoms with Gasteiger partial charge in [0.25, 0.3) is 0 Å². The summed E-state index contributed by atoms with van der Waals surface area (Å²) in [7, 11) is 0. The number of para-hydroxylation sites is 2. The third-order valence-corrected chi connectivity index (χ3v) is 4.11. The van der Waals surface area contributed by atoms with Gasteiger partial charge >= 0.3 is 6.18 Å². The van der Waals surface area contributed by atoms with Gasteiger partial charge in [0, 0.05) is 12.6 Å². The maximum absolute atomic E-state index is 12.6. The van der Waals surface area contributed by atoms with Crippen LogP contribution in [0.3, 0.4) is 0 Å². The molecule has 0 unspecified atom stereocenters. The molecule has 1 fully saturated rings. The first kappa shape index (κ1) is 16.7. The zero-order valence-electron chi connectivity index (χ0n) is 12.7. The van der Waals surface area contributed by atoms with Crippen LogP contribution in [0, 0.1) is 0 Å². The summed E-state index contributed by atoms with van der Waals surface area (Å²) in [4.78, 5) is 2.02. The van der Waals surface area contributed by atoms with Crippen molar-refractivity contribution in [1.29, 1.82) is 0 Å². The normalized spacial score (nSPS) is 16.5. The Balaban J connectivity index is 2.18. The standard InChI is InChI=1S/C17H23F3N2/c1-13(11-17(18,19)20)12-22(14-7-3-2-4-8-14)16-10-6-5-9-15(16)21/h5-6,9-10,14H,1-4,7-8,11-12,21H2. The summed E-state index contributed by atoms with van der Waals surface area (Å²) in [6.07, 6.45) is 0.249.